The Morgan fingerprint density at radius 1 is 1.53 bits per heavy atom. The fraction of sp³-hybridized carbons (Fsp3) is 0.444. The molecule has 1 rings (SSSR count). The molecule has 1 aromatic heterocycles. The van der Waals surface area contributed by atoms with Crippen LogP contribution in [0, 0.1) is 13.8 Å². The van der Waals surface area contributed by atoms with E-state index in [2.05, 4.69) is 9.97 Å². The molecule has 0 spiro atoms. The monoisotopic (exact) mass is 227 g/mol. The van der Waals surface area contributed by atoms with Crippen molar-refractivity contribution in [3.63, 3.8) is 0 Å². The highest BCUT2D eigenvalue weighted by Crippen LogP contribution is 2.19. The van der Waals surface area contributed by atoms with E-state index in [4.69, 9.17) is 10.8 Å². The molecule has 0 saturated carbocycles. The third-order valence-electron chi connectivity index (χ3n) is 1.70. The summed E-state index contributed by atoms with van der Waals surface area (Å²) < 4.78 is 0. The third kappa shape index (κ3) is 3.49. The van der Waals surface area contributed by atoms with Gasteiger partial charge in [0.05, 0.1) is 0 Å². The second-order valence-electron chi connectivity index (χ2n) is 3.11. The van der Waals surface area contributed by atoms with E-state index in [-0.39, 0.29) is 6.54 Å². The van der Waals surface area contributed by atoms with Gasteiger partial charge in [0.2, 0.25) is 0 Å². The maximum atomic E-state index is 10.7. The van der Waals surface area contributed by atoms with Crippen molar-refractivity contribution in [3.05, 3.63) is 17.5 Å². The van der Waals surface area contributed by atoms with Gasteiger partial charge in [-0.1, -0.05) is 11.8 Å². The van der Waals surface area contributed by atoms with Crippen LogP contribution in [0.15, 0.2) is 11.2 Å². The molecule has 0 bridgehead atoms. The van der Waals surface area contributed by atoms with E-state index < -0.39 is 11.2 Å². The van der Waals surface area contributed by atoms with Gasteiger partial charge in [-0.15, -0.1) is 0 Å². The number of nitrogens with zero attached hydrogens (tertiary/aromatic N) is 2. The number of thioether (sulfide) groups is 1. The second-order valence-corrected chi connectivity index (χ2v) is 4.28. The third-order valence-corrected chi connectivity index (χ3v) is 2.77. The molecule has 0 aliphatic rings. The van der Waals surface area contributed by atoms with E-state index >= 15 is 0 Å². The Balaban J connectivity index is 2.83. The molecule has 6 heteroatoms. The Kier molecular flexibility index (Phi) is 4.05. The summed E-state index contributed by atoms with van der Waals surface area (Å²) in [4.78, 5) is 19.0. The van der Waals surface area contributed by atoms with Gasteiger partial charge in [0.1, 0.15) is 5.25 Å². The summed E-state index contributed by atoms with van der Waals surface area (Å²) in [5.74, 6) is -0.940. The molecule has 1 heterocycles. The molecule has 3 N–H and O–H groups in total. The fourth-order valence-corrected chi connectivity index (χ4v) is 1.92. The number of aryl methyl sites for hydroxylation is 2. The highest BCUT2D eigenvalue weighted by molar-refractivity contribution is 8.00. The predicted octanol–water partition coefficient (Wildman–Crippen LogP) is 0.597. The largest absolute Gasteiger partial charge is 0.480 e. The summed E-state index contributed by atoms with van der Waals surface area (Å²) >= 11 is 1.08. The quantitative estimate of drug-likeness (QED) is 0.578. The van der Waals surface area contributed by atoms with Crippen LogP contribution in [0.4, 0.5) is 0 Å². The molecule has 0 aliphatic carbocycles. The standard InChI is InChI=1S/C9H13N3O2S/c1-5-3-6(2)12-9(11-5)15-7(4-10)8(13)14/h3,7H,4,10H2,1-2H3,(H,13,14). The number of carboxylic acid groups (broad SMARTS) is 1. The fourth-order valence-electron chi connectivity index (χ4n) is 1.07. The van der Waals surface area contributed by atoms with Gasteiger partial charge in [0.15, 0.2) is 5.16 Å². The zero-order valence-corrected chi connectivity index (χ0v) is 9.41. The minimum absolute atomic E-state index is 0.0658. The van der Waals surface area contributed by atoms with Crippen LogP contribution in [0.25, 0.3) is 0 Å². The Hall–Kier alpha value is -1.14. The van der Waals surface area contributed by atoms with Crippen LogP contribution < -0.4 is 5.73 Å². The van der Waals surface area contributed by atoms with Crippen molar-refractivity contribution in [2.75, 3.05) is 6.54 Å². The number of nitrogens with two attached hydrogens (primary N) is 1. The normalized spacial score (nSPS) is 12.5. The minimum Gasteiger partial charge on any atom is -0.480 e. The first-order valence-corrected chi connectivity index (χ1v) is 5.32. The summed E-state index contributed by atoms with van der Waals surface area (Å²) in [6.45, 7) is 3.75. The molecule has 0 fully saturated rings. The maximum absolute atomic E-state index is 10.7. The van der Waals surface area contributed by atoms with Crippen molar-refractivity contribution >= 4 is 17.7 Å². The van der Waals surface area contributed by atoms with Crippen molar-refractivity contribution < 1.29 is 9.90 Å². The summed E-state index contributed by atoms with van der Waals surface area (Å²) in [7, 11) is 0. The van der Waals surface area contributed by atoms with E-state index in [0.29, 0.717) is 5.16 Å². The number of hydrogen-bond acceptors (Lipinski definition) is 5. The summed E-state index contributed by atoms with van der Waals surface area (Å²) in [5, 5.41) is 8.59. The average molecular weight is 227 g/mol. The van der Waals surface area contributed by atoms with Gasteiger partial charge < -0.3 is 10.8 Å². The number of carbonyl (C=O) groups is 1. The lowest BCUT2D eigenvalue weighted by Gasteiger charge is -2.08. The van der Waals surface area contributed by atoms with Gasteiger partial charge >= 0.3 is 5.97 Å². The average Bonchev–Trinajstić information content (AvgIpc) is 2.12. The minimum atomic E-state index is -0.940. The SMILES string of the molecule is Cc1cc(C)nc(SC(CN)C(=O)O)n1. The second kappa shape index (κ2) is 5.09. The molecular weight excluding hydrogens is 214 g/mol. The van der Waals surface area contributed by atoms with Crippen molar-refractivity contribution in [3.8, 4) is 0 Å². The first-order valence-electron chi connectivity index (χ1n) is 4.44. The topological polar surface area (TPSA) is 89.1 Å². The number of hydrogen-bond donors (Lipinski definition) is 2. The van der Waals surface area contributed by atoms with Crippen LogP contribution in [0.5, 0.6) is 0 Å². The first kappa shape index (κ1) is 11.9. The highest BCUT2D eigenvalue weighted by Gasteiger charge is 2.18. The van der Waals surface area contributed by atoms with Gasteiger partial charge in [0.25, 0.3) is 0 Å². The zero-order valence-electron chi connectivity index (χ0n) is 8.60. The number of aromatic nitrogens is 2. The lowest BCUT2D eigenvalue weighted by molar-refractivity contribution is -0.136. The van der Waals surface area contributed by atoms with E-state index in [1.807, 2.05) is 19.9 Å². The molecule has 5 nitrogen and oxygen atoms in total. The van der Waals surface area contributed by atoms with Gasteiger partial charge in [-0.3, -0.25) is 4.79 Å². The van der Waals surface area contributed by atoms with E-state index in [0.717, 1.165) is 23.1 Å². The van der Waals surface area contributed by atoms with Crippen molar-refractivity contribution in [1.82, 2.24) is 9.97 Å². The van der Waals surface area contributed by atoms with E-state index in [1.165, 1.54) is 0 Å². The van der Waals surface area contributed by atoms with Crippen LogP contribution in [0.3, 0.4) is 0 Å². The summed E-state index contributed by atoms with van der Waals surface area (Å²) in [5.41, 5.74) is 6.99. The van der Waals surface area contributed by atoms with Crippen molar-refractivity contribution in [2.24, 2.45) is 5.73 Å². The van der Waals surface area contributed by atoms with Gasteiger partial charge in [-0.2, -0.15) is 0 Å². The molecule has 1 unspecified atom stereocenters. The molecule has 1 aromatic rings. The number of rotatable bonds is 4. The van der Waals surface area contributed by atoms with E-state index in [1.54, 1.807) is 0 Å². The molecule has 0 aromatic carbocycles. The van der Waals surface area contributed by atoms with Gasteiger partial charge in [-0.05, 0) is 19.9 Å². The maximum Gasteiger partial charge on any atom is 0.318 e. The summed E-state index contributed by atoms with van der Waals surface area (Å²) in [6.07, 6.45) is 0. The van der Waals surface area contributed by atoms with E-state index in [9.17, 15) is 4.79 Å². The molecule has 0 amide bonds. The van der Waals surface area contributed by atoms with Crippen LogP contribution in [-0.2, 0) is 4.79 Å². The van der Waals surface area contributed by atoms with Crippen molar-refractivity contribution in [1.29, 1.82) is 0 Å². The van der Waals surface area contributed by atoms with Crippen LogP contribution in [-0.4, -0.2) is 32.8 Å². The molecule has 0 aliphatic heterocycles. The van der Waals surface area contributed by atoms with Gasteiger partial charge in [0, 0.05) is 17.9 Å². The smallest absolute Gasteiger partial charge is 0.318 e. The number of aliphatic carboxylic acids is 1. The molecular formula is C9H13N3O2S. The van der Waals surface area contributed by atoms with Crippen LogP contribution in [0.2, 0.25) is 0 Å². The van der Waals surface area contributed by atoms with Crippen LogP contribution >= 0.6 is 11.8 Å². The summed E-state index contributed by atoms with van der Waals surface area (Å²) in [6, 6.07) is 1.84. The molecule has 1 atom stereocenters. The predicted molar refractivity (Wildman–Crippen MR) is 57.8 cm³/mol. The molecule has 0 radical (unpaired) electrons. The van der Waals surface area contributed by atoms with Crippen LogP contribution in [0.1, 0.15) is 11.4 Å². The number of carboxylic acids is 1. The Morgan fingerprint density at radius 2 is 2.07 bits per heavy atom. The Bertz CT molecular complexity index is 350. The zero-order chi connectivity index (χ0) is 11.4. The molecule has 15 heavy (non-hydrogen) atoms. The first-order chi connectivity index (χ1) is 7.02. The Labute approximate surface area is 92.1 Å². The lowest BCUT2D eigenvalue weighted by atomic mass is 10.4. The van der Waals surface area contributed by atoms with Crippen molar-refractivity contribution in [2.45, 2.75) is 24.3 Å². The lowest BCUT2D eigenvalue weighted by Crippen LogP contribution is -2.26. The van der Waals surface area contributed by atoms with Gasteiger partial charge in [-0.25, -0.2) is 9.97 Å². The highest BCUT2D eigenvalue weighted by atomic mass is 32.2. The molecule has 0 saturated heterocycles. The Morgan fingerprint density at radius 3 is 2.47 bits per heavy atom. The molecule has 82 valence electrons.